The van der Waals surface area contributed by atoms with Gasteiger partial charge in [0.15, 0.2) is 22.5 Å². The molecule has 0 amide bonds. The Bertz CT molecular complexity index is 948. The number of benzene rings is 1. The first-order valence-electron chi connectivity index (χ1n) is 9.00. The first-order chi connectivity index (χ1) is 13.1. The molecular formula is C20H21N3O3S. The van der Waals surface area contributed by atoms with Gasteiger partial charge in [0, 0.05) is 18.5 Å². The number of fused-ring (bicyclic) bond motifs is 1. The molecule has 3 aromatic rings. The minimum atomic E-state index is 0.0772. The van der Waals surface area contributed by atoms with Crippen LogP contribution in [-0.4, -0.2) is 32.9 Å². The normalized spacial score (nSPS) is 13.0. The van der Waals surface area contributed by atoms with Gasteiger partial charge in [0.25, 0.3) is 0 Å². The molecule has 0 fully saturated rings. The molecule has 3 heterocycles. The third kappa shape index (κ3) is 3.78. The van der Waals surface area contributed by atoms with Gasteiger partial charge >= 0.3 is 0 Å². The van der Waals surface area contributed by atoms with Crippen LogP contribution in [0.25, 0.3) is 11.6 Å². The Hall–Kier alpha value is -2.54. The Morgan fingerprint density at radius 2 is 2.19 bits per heavy atom. The summed E-state index contributed by atoms with van der Waals surface area (Å²) in [7, 11) is 0. The van der Waals surface area contributed by atoms with E-state index in [0.29, 0.717) is 35.4 Å². The van der Waals surface area contributed by atoms with Crippen LogP contribution in [0.3, 0.4) is 0 Å². The predicted octanol–water partition coefficient (Wildman–Crippen LogP) is 4.10. The average molecular weight is 383 g/mol. The van der Waals surface area contributed by atoms with E-state index in [1.54, 1.807) is 6.26 Å². The van der Waals surface area contributed by atoms with Crippen molar-refractivity contribution in [2.24, 2.45) is 5.92 Å². The predicted molar refractivity (Wildman–Crippen MR) is 103 cm³/mol. The van der Waals surface area contributed by atoms with Gasteiger partial charge in [0.05, 0.1) is 18.6 Å². The van der Waals surface area contributed by atoms with Crippen LogP contribution in [0.4, 0.5) is 0 Å². The Morgan fingerprint density at radius 1 is 1.30 bits per heavy atom. The number of rotatable bonds is 7. The van der Waals surface area contributed by atoms with Crippen molar-refractivity contribution in [1.29, 1.82) is 0 Å². The monoisotopic (exact) mass is 383 g/mol. The molecule has 0 saturated heterocycles. The highest BCUT2D eigenvalue weighted by Gasteiger charge is 2.19. The van der Waals surface area contributed by atoms with Crippen molar-refractivity contribution in [3.8, 4) is 17.3 Å². The van der Waals surface area contributed by atoms with E-state index in [4.69, 9.17) is 9.15 Å². The van der Waals surface area contributed by atoms with Crippen molar-refractivity contribution in [1.82, 2.24) is 14.8 Å². The van der Waals surface area contributed by atoms with Gasteiger partial charge in [-0.1, -0.05) is 25.6 Å². The number of carbonyl (C=O) groups is 1. The number of nitrogens with zero attached hydrogens (tertiary/aromatic N) is 3. The molecule has 1 aromatic carbocycles. The summed E-state index contributed by atoms with van der Waals surface area (Å²) in [6, 6.07) is 9.36. The number of furan rings is 1. The van der Waals surface area contributed by atoms with Crippen LogP contribution in [0.15, 0.2) is 46.2 Å². The van der Waals surface area contributed by atoms with Crippen LogP contribution < -0.4 is 4.74 Å². The summed E-state index contributed by atoms with van der Waals surface area (Å²) in [5.41, 5.74) is 1.82. The zero-order chi connectivity index (χ0) is 18.8. The van der Waals surface area contributed by atoms with E-state index in [1.807, 2.05) is 34.9 Å². The van der Waals surface area contributed by atoms with E-state index >= 15 is 0 Å². The van der Waals surface area contributed by atoms with Crippen LogP contribution in [0.5, 0.6) is 5.75 Å². The smallest absolute Gasteiger partial charge is 0.200 e. The molecule has 6 nitrogen and oxygen atoms in total. The molecule has 0 N–H and O–H groups in total. The van der Waals surface area contributed by atoms with Crippen molar-refractivity contribution < 1.29 is 13.9 Å². The molecule has 1 aliphatic rings. The van der Waals surface area contributed by atoms with Crippen LogP contribution in [0.1, 0.15) is 29.8 Å². The fourth-order valence-electron chi connectivity index (χ4n) is 3.09. The highest BCUT2D eigenvalue weighted by molar-refractivity contribution is 7.99. The van der Waals surface area contributed by atoms with Crippen LogP contribution in [0, 0.1) is 5.92 Å². The molecule has 4 rings (SSSR count). The molecule has 0 atom stereocenters. The topological polar surface area (TPSA) is 70.2 Å². The molecule has 1 aliphatic heterocycles. The second-order valence-corrected chi connectivity index (χ2v) is 7.86. The van der Waals surface area contributed by atoms with Crippen LogP contribution in [-0.2, 0) is 13.0 Å². The van der Waals surface area contributed by atoms with Crippen molar-refractivity contribution in [2.45, 2.75) is 32.0 Å². The summed E-state index contributed by atoms with van der Waals surface area (Å²) in [4.78, 5) is 12.6. The van der Waals surface area contributed by atoms with E-state index < -0.39 is 0 Å². The number of ketones is 1. The van der Waals surface area contributed by atoms with Gasteiger partial charge < -0.3 is 9.15 Å². The van der Waals surface area contributed by atoms with Crippen molar-refractivity contribution in [3.63, 3.8) is 0 Å². The lowest BCUT2D eigenvalue weighted by molar-refractivity contribution is 0.102. The first-order valence-corrected chi connectivity index (χ1v) is 9.99. The van der Waals surface area contributed by atoms with E-state index in [0.717, 1.165) is 29.4 Å². The van der Waals surface area contributed by atoms with Gasteiger partial charge in [0.2, 0.25) is 0 Å². The van der Waals surface area contributed by atoms with E-state index in [-0.39, 0.29) is 5.78 Å². The summed E-state index contributed by atoms with van der Waals surface area (Å²) >= 11 is 1.41. The maximum Gasteiger partial charge on any atom is 0.200 e. The molecule has 0 radical (unpaired) electrons. The molecular weight excluding hydrogens is 362 g/mol. The Labute approximate surface area is 161 Å². The molecule has 0 saturated carbocycles. The van der Waals surface area contributed by atoms with Crippen LogP contribution >= 0.6 is 11.8 Å². The molecule has 0 unspecified atom stereocenters. The third-order valence-corrected chi connectivity index (χ3v) is 5.32. The summed E-state index contributed by atoms with van der Waals surface area (Å²) in [6.45, 7) is 5.72. The molecule has 2 aromatic heterocycles. The zero-order valence-electron chi connectivity index (χ0n) is 15.3. The van der Waals surface area contributed by atoms with Crippen LogP contribution in [0.2, 0.25) is 0 Å². The summed E-state index contributed by atoms with van der Waals surface area (Å²) in [5.74, 6) is 3.07. The molecule has 0 spiro atoms. The molecule has 7 heteroatoms. The van der Waals surface area contributed by atoms with E-state index in [2.05, 4.69) is 24.0 Å². The second-order valence-electron chi connectivity index (χ2n) is 6.92. The maximum absolute atomic E-state index is 12.6. The zero-order valence-corrected chi connectivity index (χ0v) is 16.2. The highest BCUT2D eigenvalue weighted by Crippen LogP contribution is 2.28. The van der Waals surface area contributed by atoms with Gasteiger partial charge in [-0.2, -0.15) is 0 Å². The molecule has 27 heavy (non-hydrogen) atoms. The number of hydrogen-bond acceptors (Lipinski definition) is 6. The molecule has 140 valence electrons. The summed E-state index contributed by atoms with van der Waals surface area (Å²) in [5, 5.41) is 9.30. The lowest BCUT2D eigenvalue weighted by atomic mass is 10.1. The van der Waals surface area contributed by atoms with E-state index in [9.17, 15) is 4.79 Å². The Morgan fingerprint density at radius 3 is 2.96 bits per heavy atom. The minimum absolute atomic E-state index is 0.0772. The molecule has 0 bridgehead atoms. The third-order valence-electron chi connectivity index (χ3n) is 4.35. The summed E-state index contributed by atoms with van der Waals surface area (Å²) in [6.07, 6.45) is 2.48. The Balaban J connectivity index is 1.51. The number of hydrogen-bond donors (Lipinski definition) is 0. The first kappa shape index (κ1) is 17.9. The number of aromatic nitrogens is 3. The lowest BCUT2D eigenvalue weighted by Crippen LogP contribution is -2.09. The maximum atomic E-state index is 12.6. The number of thioether (sulfide) groups is 1. The number of ether oxygens (including phenoxy) is 1. The minimum Gasteiger partial charge on any atom is -0.493 e. The van der Waals surface area contributed by atoms with Gasteiger partial charge in [-0.25, -0.2) is 0 Å². The van der Waals surface area contributed by atoms with Gasteiger partial charge in [-0.05, 0) is 41.8 Å². The number of carbonyl (C=O) groups excluding carboxylic acids is 1. The second kappa shape index (κ2) is 7.60. The van der Waals surface area contributed by atoms with Crippen molar-refractivity contribution in [3.05, 3.63) is 47.7 Å². The standard InChI is InChI=1S/C20H21N3O3S/c1-13(2)11-23-19(18-4-3-8-25-18)21-22-20(23)27-12-16(24)14-5-6-17-15(10-14)7-9-26-17/h3-6,8,10,13H,7,9,11-12H2,1-2H3. The number of Topliss-reactive ketones (excluding diaryl/α,β-unsaturated/α-hetero) is 1. The lowest BCUT2D eigenvalue weighted by Gasteiger charge is -2.11. The average Bonchev–Trinajstić information content (AvgIpc) is 3.39. The van der Waals surface area contributed by atoms with Gasteiger partial charge in [-0.3, -0.25) is 9.36 Å². The SMILES string of the molecule is CC(C)Cn1c(SCC(=O)c2ccc3c(c2)CCO3)nnc1-c1ccco1. The summed E-state index contributed by atoms with van der Waals surface area (Å²) < 4.78 is 13.0. The Kier molecular flexibility index (Phi) is 5.03. The fourth-order valence-corrected chi connectivity index (χ4v) is 3.93. The molecule has 0 aliphatic carbocycles. The van der Waals surface area contributed by atoms with Crippen molar-refractivity contribution >= 4 is 17.5 Å². The highest BCUT2D eigenvalue weighted by atomic mass is 32.2. The fraction of sp³-hybridized carbons (Fsp3) is 0.350. The van der Waals surface area contributed by atoms with Gasteiger partial charge in [0.1, 0.15) is 5.75 Å². The van der Waals surface area contributed by atoms with E-state index in [1.165, 1.54) is 11.8 Å². The van der Waals surface area contributed by atoms with Crippen molar-refractivity contribution in [2.75, 3.05) is 12.4 Å². The van der Waals surface area contributed by atoms with Gasteiger partial charge in [-0.15, -0.1) is 10.2 Å². The quantitative estimate of drug-likeness (QED) is 0.452. The largest absolute Gasteiger partial charge is 0.493 e.